The lowest BCUT2D eigenvalue weighted by atomic mass is 10.1. The van der Waals surface area contributed by atoms with Crippen molar-refractivity contribution in [1.29, 1.82) is 0 Å². The maximum Gasteiger partial charge on any atom is 0.270 e. The normalized spacial score (nSPS) is 10.7. The number of benzene rings is 1. The molecular weight excluding hydrogens is 246 g/mol. The van der Waals surface area contributed by atoms with Crippen LogP contribution in [0.1, 0.15) is 5.56 Å². The minimum Gasteiger partial charge on any atom is -0.397 e. The Morgan fingerprint density at radius 2 is 2.17 bits per heavy atom. The average molecular weight is 257 g/mol. The number of rotatable bonds is 2. The Kier molecular flexibility index (Phi) is 2.60. The van der Waals surface area contributed by atoms with Gasteiger partial charge in [-0.3, -0.25) is 0 Å². The van der Waals surface area contributed by atoms with E-state index in [-0.39, 0.29) is 0 Å². The Labute approximate surface area is 108 Å². The predicted octanol–water partition coefficient (Wildman–Crippen LogP) is 3.36. The van der Waals surface area contributed by atoms with Gasteiger partial charge in [-0.2, -0.15) is 4.98 Å². The summed E-state index contributed by atoms with van der Waals surface area (Å²) in [6.45, 7) is 2.03. The van der Waals surface area contributed by atoms with Crippen molar-refractivity contribution in [3.05, 3.63) is 41.3 Å². The lowest BCUT2D eigenvalue weighted by molar-refractivity contribution is 0.433. The van der Waals surface area contributed by atoms with Crippen LogP contribution in [0.25, 0.3) is 22.2 Å². The zero-order valence-electron chi connectivity index (χ0n) is 9.75. The smallest absolute Gasteiger partial charge is 0.270 e. The molecule has 0 aliphatic carbocycles. The summed E-state index contributed by atoms with van der Waals surface area (Å²) in [4.78, 5) is 5.20. The summed E-state index contributed by atoms with van der Waals surface area (Å²) in [5, 5.41) is 5.89. The topological polar surface area (TPSA) is 64.9 Å². The van der Waals surface area contributed by atoms with Crippen LogP contribution in [-0.4, -0.2) is 10.1 Å². The van der Waals surface area contributed by atoms with Crippen molar-refractivity contribution in [2.24, 2.45) is 0 Å². The molecule has 2 heterocycles. The molecule has 2 N–H and O–H groups in total. The van der Waals surface area contributed by atoms with Crippen molar-refractivity contribution < 1.29 is 4.52 Å². The van der Waals surface area contributed by atoms with Crippen molar-refractivity contribution >= 4 is 17.0 Å². The highest BCUT2D eigenvalue weighted by atomic mass is 32.1. The molecule has 0 spiro atoms. The zero-order valence-corrected chi connectivity index (χ0v) is 10.6. The van der Waals surface area contributed by atoms with Gasteiger partial charge in [0.25, 0.3) is 5.89 Å². The van der Waals surface area contributed by atoms with Gasteiger partial charge in [0.1, 0.15) is 4.88 Å². The lowest BCUT2D eigenvalue weighted by Crippen LogP contribution is -1.84. The highest BCUT2D eigenvalue weighted by molar-refractivity contribution is 7.14. The standard InChI is InChI=1S/C13H11N3OS/c1-8-3-2-4-9(7-8)12-15-13(17-16-12)11-10(14)5-6-18-11/h2-7H,14H2,1H3. The number of aryl methyl sites for hydroxylation is 1. The number of hydrogen-bond acceptors (Lipinski definition) is 5. The molecule has 90 valence electrons. The second-order valence-electron chi connectivity index (χ2n) is 4.00. The van der Waals surface area contributed by atoms with Crippen LogP contribution in [0.15, 0.2) is 40.2 Å². The fourth-order valence-corrected chi connectivity index (χ4v) is 2.45. The van der Waals surface area contributed by atoms with E-state index in [1.165, 1.54) is 11.3 Å². The highest BCUT2D eigenvalue weighted by Gasteiger charge is 2.13. The van der Waals surface area contributed by atoms with E-state index in [9.17, 15) is 0 Å². The number of aromatic nitrogens is 2. The predicted molar refractivity (Wildman–Crippen MR) is 72.2 cm³/mol. The first-order valence-corrected chi connectivity index (χ1v) is 6.36. The summed E-state index contributed by atoms with van der Waals surface area (Å²) in [6.07, 6.45) is 0. The van der Waals surface area contributed by atoms with E-state index >= 15 is 0 Å². The van der Waals surface area contributed by atoms with Crippen molar-refractivity contribution in [1.82, 2.24) is 10.1 Å². The number of nitrogen functional groups attached to an aromatic ring is 1. The molecule has 0 radical (unpaired) electrons. The fraction of sp³-hybridized carbons (Fsp3) is 0.0769. The van der Waals surface area contributed by atoms with E-state index in [0.717, 1.165) is 16.0 Å². The molecule has 4 nitrogen and oxygen atoms in total. The van der Waals surface area contributed by atoms with Gasteiger partial charge < -0.3 is 10.3 Å². The quantitative estimate of drug-likeness (QED) is 0.764. The van der Waals surface area contributed by atoms with Gasteiger partial charge in [-0.15, -0.1) is 11.3 Å². The van der Waals surface area contributed by atoms with Crippen LogP contribution in [-0.2, 0) is 0 Å². The van der Waals surface area contributed by atoms with Gasteiger partial charge in [0, 0.05) is 5.56 Å². The molecule has 0 aliphatic heterocycles. The Bertz CT molecular complexity index is 687. The maximum absolute atomic E-state index is 5.83. The molecule has 5 heteroatoms. The van der Waals surface area contributed by atoms with Crippen LogP contribution in [0.2, 0.25) is 0 Å². The van der Waals surface area contributed by atoms with Crippen molar-refractivity contribution in [2.45, 2.75) is 6.92 Å². The van der Waals surface area contributed by atoms with Crippen molar-refractivity contribution in [3.8, 4) is 22.2 Å². The van der Waals surface area contributed by atoms with E-state index in [0.29, 0.717) is 17.4 Å². The third kappa shape index (κ3) is 1.89. The Hall–Kier alpha value is -2.14. The van der Waals surface area contributed by atoms with Crippen LogP contribution in [0, 0.1) is 6.92 Å². The Balaban J connectivity index is 2.02. The van der Waals surface area contributed by atoms with Gasteiger partial charge in [0.2, 0.25) is 5.82 Å². The molecule has 18 heavy (non-hydrogen) atoms. The summed E-state index contributed by atoms with van der Waals surface area (Å²) >= 11 is 1.49. The van der Waals surface area contributed by atoms with Gasteiger partial charge >= 0.3 is 0 Å². The lowest BCUT2D eigenvalue weighted by Gasteiger charge is -1.95. The van der Waals surface area contributed by atoms with Crippen LogP contribution < -0.4 is 5.73 Å². The molecule has 0 saturated carbocycles. The summed E-state index contributed by atoms with van der Waals surface area (Å²) in [5.41, 5.74) is 8.60. The van der Waals surface area contributed by atoms with E-state index < -0.39 is 0 Å². The average Bonchev–Trinajstić information content (AvgIpc) is 2.97. The van der Waals surface area contributed by atoms with Crippen LogP contribution in [0.3, 0.4) is 0 Å². The fourth-order valence-electron chi connectivity index (χ4n) is 1.71. The number of nitrogens with two attached hydrogens (primary N) is 1. The maximum atomic E-state index is 5.83. The minimum atomic E-state index is 0.471. The molecule has 0 aliphatic rings. The molecular formula is C13H11N3OS. The molecule has 0 unspecified atom stereocenters. The van der Waals surface area contributed by atoms with E-state index in [4.69, 9.17) is 10.3 Å². The minimum absolute atomic E-state index is 0.471. The van der Waals surface area contributed by atoms with E-state index in [1.807, 2.05) is 42.6 Å². The number of anilines is 1. The number of thiophene rings is 1. The molecule has 0 amide bonds. The molecule has 2 aromatic heterocycles. The van der Waals surface area contributed by atoms with Gasteiger partial charge in [-0.25, -0.2) is 0 Å². The first-order valence-electron chi connectivity index (χ1n) is 5.48. The van der Waals surface area contributed by atoms with Gasteiger partial charge in [-0.1, -0.05) is 28.9 Å². The van der Waals surface area contributed by atoms with Gasteiger partial charge in [0.05, 0.1) is 5.69 Å². The summed E-state index contributed by atoms with van der Waals surface area (Å²) in [5.74, 6) is 1.06. The Morgan fingerprint density at radius 3 is 2.89 bits per heavy atom. The van der Waals surface area contributed by atoms with Gasteiger partial charge in [-0.05, 0) is 24.4 Å². The van der Waals surface area contributed by atoms with Crippen LogP contribution in [0.4, 0.5) is 5.69 Å². The second kappa shape index (κ2) is 4.27. The molecule has 0 bridgehead atoms. The zero-order chi connectivity index (χ0) is 12.5. The third-order valence-electron chi connectivity index (χ3n) is 2.59. The molecule has 1 aromatic carbocycles. The van der Waals surface area contributed by atoms with E-state index in [2.05, 4.69) is 10.1 Å². The highest BCUT2D eigenvalue weighted by Crippen LogP contribution is 2.31. The second-order valence-corrected chi connectivity index (χ2v) is 4.91. The van der Waals surface area contributed by atoms with Gasteiger partial charge in [0.15, 0.2) is 0 Å². The monoisotopic (exact) mass is 257 g/mol. The summed E-state index contributed by atoms with van der Waals surface area (Å²) in [7, 11) is 0. The van der Waals surface area contributed by atoms with E-state index in [1.54, 1.807) is 0 Å². The molecule has 3 rings (SSSR count). The first kappa shape index (κ1) is 11.0. The van der Waals surface area contributed by atoms with Crippen molar-refractivity contribution in [3.63, 3.8) is 0 Å². The van der Waals surface area contributed by atoms with Crippen molar-refractivity contribution in [2.75, 3.05) is 5.73 Å². The summed E-state index contributed by atoms with van der Waals surface area (Å²) in [6, 6.07) is 9.81. The van der Waals surface area contributed by atoms with Crippen LogP contribution >= 0.6 is 11.3 Å². The number of nitrogens with zero attached hydrogens (tertiary/aromatic N) is 2. The largest absolute Gasteiger partial charge is 0.397 e. The Morgan fingerprint density at radius 1 is 1.28 bits per heavy atom. The van der Waals surface area contributed by atoms with Crippen LogP contribution in [0.5, 0.6) is 0 Å². The summed E-state index contributed by atoms with van der Waals surface area (Å²) < 4.78 is 5.25. The third-order valence-corrected chi connectivity index (χ3v) is 3.51. The number of hydrogen-bond donors (Lipinski definition) is 1. The molecule has 0 atom stereocenters. The molecule has 3 aromatic rings. The molecule has 0 fully saturated rings. The molecule has 0 saturated heterocycles. The first-order chi connectivity index (χ1) is 8.74. The SMILES string of the molecule is Cc1cccc(-c2noc(-c3sccc3N)n2)c1.